The number of carbonyl (C=O) groups is 1. The van der Waals surface area contributed by atoms with E-state index in [1.165, 1.54) is 11.1 Å². The number of nitrogens with zero attached hydrogens (tertiary/aromatic N) is 9. The van der Waals surface area contributed by atoms with Gasteiger partial charge in [-0.2, -0.15) is 0 Å². The van der Waals surface area contributed by atoms with E-state index in [4.69, 9.17) is 14.2 Å². The Morgan fingerprint density at radius 1 is 0.590 bits per heavy atom. The molecule has 2 fully saturated rings. The van der Waals surface area contributed by atoms with Crippen molar-refractivity contribution in [3.05, 3.63) is 107 Å². The van der Waals surface area contributed by atoms with Crippen LogP contribution in [0.25, 0.3) is 22.5 Å². The maximum absolute atomic E-state index is 12.4. The smallest absolute Gasteiger partial charge is 0.410 e. The Morgan fingerprint density at radius 2 is 1.02 bits per heavy atom. The Bertz CT molecular complexity index is 2420. The largest absolute Gasteiger partial charge is 0.456 e. The third-order valence-corrected chi connectivity index (χ3v) is 10.7. The number of hydrogen-bond donors (Lipinski definition) is 1. The molecule has 6 aromatic rings. The minimum absolute atomic E-state index is 0.138. The van der Waals surface area contributed by atoms with Gasteiger partial charge in [-0.15, -0.1) is 10.2 Å². The van der Waals surface area contributed by atoms with Gasteiger partial charge in [-0.25, -0.2) is 14.2 Å². The summed E-state index contributed by atoms with van der Waals surface area (Å²) in [6, 6.07) is 16.8. The monoisotopic (exact) mass is 826 g/mol. The maximum atomic E-state index is 12.4. The number of rotatable bonds is 8. The lowest BCUT2D eigenvalue weighted by Gasteiger charge is -2.33. The van der Waals surface area contributed by atoms with Crippen LogP contribution in [-0.4, -0.2) is 82.7 Å². The Labute approximate surface area is 358 Å². The predicted octanol–water partition coefficient (Wildman–Crippen LogP) is 9.61. The summed E-state index contributed by atoms with van der Waals surface area (Å²) in [6.07, 6.45) is 10.5. The third-order valence-electron chi connectivity index (χ3n) is 10.7. The summed E-state index contributed by atoms with van der Waals surface area (Å²) in [5.74, 6) is 2.99. The van der Waals surface area contributed by atoms with Gasteiger partial charge in [-0.05, 0) is 160 Å². The zero-order valence-electron chi connectivity index (χ0n) is 36.9. The fourth-order valence-corrected chi connectivity index (χ4v) is 8.07. The minimum atomic E-state index is -0.499. The van der Waals surface area contributed by atoms with Crippen LogP contribution in [0.3, 0.4) is 0 Å². The summed E-state index contributed by atoms with van der Waals surface area (Å²) in [5.41, 5.74) is 9.74. The Morgan fingerprint density at radius 3 is 1.44 bits per heavy atom. The van der Waals surface area contributed by atoms with Crippen molar-refractivity contribution in [2.75, 3.05) is 26.2 Å². The Kier molecular flexibility index (Phi) is 13.1. The SMILES string of the molecule is Cc1cc(C)cc(Oc2cncc(-c3c(C)nnn3C3CCN(C(=O)OC(C)(C)C)CC3)c2)c1.Cc1cc(C)cc(Oc2cncc(-c3c(C)nnn3C3CCNCC3)c2)c1. The van der Waals surface area contributed by atoms with Gasteiger partial charge in [-0.3, -0.25) is 9.97 Å². The van der Waals surface area contributed by atoms with Gasteiger partial charge >= 0.3 is 6.09 Å². The number of amides is 1. The fraction of sp³-hybridized carbons (Fsp3) is 0.426. The molecular weight excluding hydrogens is 769 g/mol. The van der Waals surface area contributed by atoms with Gasteiger partial charge in [0.15, 0.2) is 0 Å². The first-order chi connectivity index (χ1) is 29.2. The van der Waals surface area contributed by atoms with Gasteiger partial charge in [0.25, 0.3) is 0 Å². The van der Waals surface area contributed by atoms with Gasteiger partial charge in [0.2, 0.25) is 0 Å². The highest BCUT2D eigenvalue weighted by Crippen LogP contribution is 2.34. The molecule has 14 heteroatoms. The Hall–Kier alpha value is -6.15. The van der Waals surface area contributed by atoms with E-state index in [0.717, 1.165) is 101 Å². The first-order valence-electron chi connectivity index (χ1n) is 21.1. The maximum Gasteiger partial charge on any atom is 0.410 e. The summed E-state index contributed by atoms with van der Waals surface area (Å²) < 4.78 is 21.8. The van der Waals surface area contributed by atoms with Crippen LogP contribution in [0.5, 0.6) is 23.0 Å². The zero-order chi connectivity index (χ0) is 43.3. The number of likely N-dealkylation sites (tertiary alicyclic amines) is 1. The predicted molar refractivity (Wildman–Crippen MR) is 235 cm³/mol. The average molecular weight is 827 g/mol. The van der Waals surface area contributed by atoms with Crippen molar-refractivity contribution in [3.63, 3.8) is 0 Å². The molecule has 6 heterocycles. The first kappa shape index (κ1) is 43.0. The summed E-state index contributed by atoms with van der Waals surface area (Å²) in [4.78, 5) is 23.0. The topological polar surface area (TPSA) is 147 Å². The normalized spacial score (nSPS) is 14.9. The molecule has 0 bridgehead atoms. The molecule has 320 valence electrons. The molecule has 14 nitrogen and oxygen atoms in total. The summed E-state index contributed by atoms with van der Waals surface area (Å²) >= 11 is 0. The number of aromatic nitrogens is 8. The van der Waals surface area contributed by atoms with E-state index >= 15 is 0 Å². The zero-order valence-corrected chi connectivity index (χ0v) is 36.9. The quantitative estimate of drug-likeness (QED) is 0.156. The van der Waals surface area contributed by atoms with Crippen LogP contribution in [0, 0.1) is 41.5 Å². The highest BCUT2D eigenvalue weighted by molar-refractivity contribution is 5.68. The summed E-state index contributed by atoms with van der Waals surface area (Å²) in [6.45, 7) is 21.1. The lowest BCUT2D eigenvalue weighted by Crippen LogP contribution is -2.42. The van der Waals surface area contributed by atoms with Crippen LogP contribution in [0.4, 0.5) is 4.79 Å². The molecule has 2 saturated heterocycles. The van der Waals surface area contributed by atoms with Crippen molar-refractivity contribution >= 4 is 6.09 Å². The molecule has 1 N–H and O–H groups in total. The van der Waals surface area contributed by atoms with Gasteiger partial charge in [-0.1, -0.05) is 22.6 Å². The van der Waals surface area contributed by atoms with E-state index in [1.54, 1.807) is 17.3 Å². The van der Waals surface area contributed by atoms with Crippen LogP contribution in [0.15, 0.2) is 73.3 Å². The number of ether oxygens (including phenoxy) is 3. The first-order valence-corrected chi connectivity index (χ1v) is 21.1. The van der Waals surface area contributed by atoms with E-state index in [1.807, 2.05) is 88.1 Å². The molecule has 0 atom stereocenters. The molecular formula is C47H58N10O4. The summed E-state index contributed by atoms with van der Waals surface area (Å²) in [5, 5.41) is 20.9. The molecule has 61 heavy (non-hydrogen) atoms. The van der Waals surface area contributed by atoms with Gasteiger partial charge in [0.1, 0.15) is 28.6 Å². The number of carbonyl (C=O) groups excluding carboxylic acids is 1. The van der Waals surface area contributed by atoms with Crippen LogP contribution in [0.1, 0.15) is 92.2 Å². The van der Waals surface area contributed by atoms with E-state index in [-0.39, 0.29) is 12.1 Å². The van der Waals surface area contributed by atoms with Crippen molar-refractivity contribution in [1.29, 1.82) is 0 Å². The van der Waals surface area contributed by atoms with Crippen molar-refractivity contribution in [2.24, 2.45) is 0 Å². The van der Waals surface area contributed by atoms with Crippen molar-refractivity contribution in [3.8, 4) is 45.5 Å². The van der Waals surface area contributed by atoms with E-state index in [2.05, 4.69) is 80.4 Å². The molecule has 2 aliphatic heterocycles. The van der Waals surface area contributed by atoms with E-state index < -0.39 is 5.60 Å². The number of nitrogens with one attached hydrogen (secondary N) is 1. The molecule has 1 amide bonds. The number of hydrogen-bond acceptors (Lipinski definition) is 11. The molecule has 8 rings (SSSR count). The van der Waals surface area contributed by atoms with Gasteiger partial charge < -0.3 is 24.4 Å². The second kappa shape index (κ2) is 18.6. The van der Waals surface area contributed by atoms with Gasteiger partial charge in [0.05, 0.1) is 47.3 Å². The molecule has 0 radical (unpaired) electrons. The lowest BCUT2D eigenvalue weighted by atomic mass is 10.0. The average Bonchev–Trinajstić information content (AvgIpc) is 3.79. The molecule has 0 unspecified atom stereocenters. The second-order valence-corrected chi connectivity index (χ2v) is 17.3. The molecule has 0 saturated carbocycles. The standard InChI is InChI=1S/C26H33N5O3.C21H25N5O/c1-17-11-18(2)13-22(12-17)33-23-14-20(15-27-16-23)24-19(3)28-29-31(24)21-7-9-30(10-8-21)25(32)34-26(4,5)6;1-14-8-15(2)10-19(9-14)27-20-11-17(12-23-13-20)21-16(3)24-25-26(21)18-4-6-22-7-5-18/h11-16,21H,7-10H2,1-6H3;8-13,18,22H,4-7H2,1-3H3. The van der Waals surface area contributed by atoms with Crippen LogP contribution in [-0.2, 0) is 4.74 Å². The molecule has 0 spiro atoms. The van der Waals surface area contributed by atoms with Crippen molar-refractivity contribution in [2.45, 2.75) is 106 Å². The Balaban J connectivity index is 0.000000189. The third kappa shape index (κ3) is 11.0. The van der Waals surface area contributed by atoms with Crippen molar-refractivity contribution < 1.29 is 19.0 Å². The molecule has 0 aliphatic carbocycles. The molecule has 2 aliphatic rings. The van der Waals surface area contributed by atoms with E-state index in [0.29, 0.717) is 24.9 Å². The number of aryl methyl sites for hydroxylation is 6. The van der Waals surface area contributed by atoms with Gasteiger partial charge in [0, 0.05) is 36.6 Å². The number of benzene rings is 2. The fourth-order valence-electron chi connectivity index (χ4n) is 8.07. The highest BCUT2D eigenvalue weighted by Gasteiger charge is 2.30. The lowest BCUT2D eigenvalue weighted by molar-refractivity contribution is 0.0185. The highest BCUT2D eigenvalue weighted by atomic mass is 16.6. The summed E-state index contributed by atoms with van der Waals surface area (Å²) in [7, 11) is 0. The second-order valence-electron chi connectivity index (χ2n) is 17.3. The van der Waals surface area contributed by atoms with Crippen molar-refractivity contribution in [1.82, 2.24) is 50.2 Å². The van der Waals surface area contributed by atoms with Crippen LogP contribution in [0.2, 0.25) is 0 Å². The molecule has 2 aromatic carbocycles. The number of piperidine rings is 2. The minimum Gasteiger partial charge on any atom is -0.456 e. The van der Waals surface area contributed by atoms with Crippen LogP contribution >= 0.6 is 0 Å². The number of pyridine rings is 2. The molecule has 4 aromatic heterocycles. The van der Waals surface area contributed by atoms with Crippen LogP contribution < -0.4 is 14.8 Å². The van der Waals surface area contributed by atoms with E-state index in [9.17, 15) is 4.79 Å².